The number of piperazine rings is 1. The van der Waals surface area contributed by atoms with Gasteiger partial charge in [-0.05, 0) is 53.4 Å². The van der Waals surface area contributed by atoms with Crippen molar-refractivity contribution in [1.29, 1.82) is 0 Å². The average molecular weight is 683 g/mol. The van der Waals surface area contributed by atoms with Gasteiger partial charge in [0.1, 0.15) is 5.75 Å². The van der Waals surface area contributed by atoms with Crippen LogP contribution in [0.2, 0.25) is 18.6 Å². The van der Waals surface area contributed by atoms with Crippen LogP contribution >= 0.6 is 0 Å². The smallest absolute Gasteiger partial charge is 0.264 e. The van der Waals surface area contributed by atoms with Gasteiger partial charge >= 0.3 is 0 Å². The van der Waals surface area contributed by atoms with Gasteiger partial charge in [-0.15, -0.1) is 0 Å². The minimum absolute atomic E-state index is 0.0192. The molecular formula is C38H46N4O6Si. The van der Waals surface area contributed by atoms with E-state index < -0.39 is 19.8 Å². The lowest BCUT2D eigenvalue weighted by Crippen LogP contribution is -2.52. The molecule has 3 aromatic rings. The number of aliphatic hydroxyl groups is 1. The number of likely N-dealkylation sites (N-methyl/N-ethyl adjacent to an activating group) is 1. The van der Waals surface area contributed by atoms with Crippen molar-refractivity contribution in [2.24, 2.45) is 5.92 Å². The number of ether oxygens (including phenoxy) is 2. The normalized spacial score (nSPS) is 26.7. The Bertz CT molecular complexity index is 1780. The summed E-state index contributed by atoms with van der Waals surface area (Å²) < 4.78 is 12.6. The third-order valence-corrected chi connectivity index (χ3v) is 16.0. The van der Waals surface area contributed by atoms with Crippen LogP contribution < -0.4 is 25.0 Å². The summed E-state index contributed by atoms with van der Waals surface area (Å²) >= 11 is 0. The Labute approximate surface area is 289 Å². The highest BCUT2D eigenvalue weighted by Crippen LogP contribution is 2.60. The molecule has 258 valence electrons. The Kier molecular flexibility index (Phi) is 8.67. The predicted octanol–water partition coefficient (Wildman–Crippen LogP) is 3.16. The highest BCUT2D eigenvalue weighted by Gasteiger charge is 2.66. The molecule has 0 unspecified atom stereocenters. The highest BCUT2D eigenvalue weighted by molar-refractivity contribution is 6.91. The van der Waals surface area contributed by atoms with Gasteiger partial charge in [-0.1, -0.05) is 61.6 Å². The molecular weight excluding hydrogens is 637 g/mol. The van der Waals surface area contributed by atoms with Crippen molar-refractivity contribution < 1.29 is 29.0 Å². The lowest BCUT2D eigenvalue weighted by Gasteiger charge is -2.39. The van der Waals surface area contributed by atoms with Crippen molar-refractivity contribution in [3.05, 3.63) is 83.4 Å². The number of methoxy groups -OCH3 is 1. The number of hydrogen-bond donors (Lipinski definition) is 2. The number of fused-ring (bicyclic) bond motifs is 3. The van der Waals surface area contributed by atoms with Crippen molar-refractivity contribution in [2.75, 3.05) is 50.2 Å². The number of amides is 3. The van der Waals surface area contributed by atoms with Gasteiger partial charge < -0.3 is 34.6 Å². The molecule has 4 heterocycles. The zero-order valence-electron chi connectivity index (χ0n) is 28.9. The number of anilines is 2. The van der Waals surface area contributed by atoms with Gasteiger partial charge in [0.15, 0.2) is 5.60 Å². The Hall–Kier alpha value is -4.03. The molecule has 49 heavy (non-hydrogen) atoms. The number of nitrogens with one attached hydrogen (secondary N) is 1. The molecule has 3 aromatic carbocycles. The second kappa shape index (κ2) is 12.7. The Balaban J connectivity index is 1.30. The van der Waals surface area contributed by atoms with Crippen molar-refractivity contribution in [3.8, 4) is 5.75 Å². The van der Waals surface area contributed by atoms with E-state index in [0.29, 0.717) is 26.1 Å². The van der Waals surface area contributed by atoms with E-state index >= 15 is 0 Å². The van der Waals surface area contributed by atoms with Crippen LogP contribution in [-0.2, 0) is 37.7 Å². The SMILES string of the molecule is COc1ccc([Si](C)(C)[C@H]2[C@H](CC(=O)N3Cc4ccccc4C[C@H]3CO)O[C@@]3(C(=O)N(C)c4ccc(N5CCNCC5=O)cc43)[C@@H]2C)cc1. The van der Waals surface area contributed by atoms with Crippen LogP contribution in [0.25, 0.3) is 0 Å². The molecule has 11 heteroatoms. The minimum atomic E-state index is -2.47. The molecule has 4 aliphatic rings. The second-order valence-corrected chi connectivity index (χ2v) is 19.2. The third kappa shape index (κ3) is 5.38. The number of nitrogens with zero attached hydrogens (tertiary/aromatic N) is 3. The summed E-state index contributed by atoms with van der Waals surface area (Å²) in [6, 6.07) is 21.7. The summed E-state index contributed by atoms with van der Waals surface area (Å²) in [7, 11) is 0.950. The van der Waals surface area contributed by atoms with Crippen LogP contribution in [0, 0.1) is 5.92 Å². The molecule has 5 atom stereocenters. The maximum absolute atomic E-state index is 14.6. The average Bonchev–Trinajstić information content (AvgIpc) is 3.53. The summed E-state index contributed by atoms with van der Waals surface area (Å²) in [4.78, 5) is 47.2. The predicted molar refractivity (Wildman–Crippen MR) is 191 cm³/mol. The third-order valence-electron chi connectivity index (χ3n) is 11.6. The standard InChI is InChI=1S/C38H46N4O6Si/c1-24-36(49(4,5)30-13-11-29(47-3)12-14-30)33(20-34(44)42-22-26-9-7-6-8-25(26)18-28(42)23-43)48-38(24)31-19-27(41-17-16-39-21-35(41)45)10-15-32(31)40(2)37(38)46/h6-15,19,24,28,33,36,39,43H,16-18,20-23H2,1-5H3/t24-,28+,33+,36-,38+/m1/s1. The van der Waals surface area contributed by atoms with Gasteiger partial charge in [0.2, 0.25) is 11.8 Å². The van der Waals surface area contributed by atoms with Crippen LogP contribution in [-0.4, -0.2) is 88.3 Å². The summed E-state index contributed by atoms with van der Waals surface area (Å²) in [6.45, 7) is 8.46. The Morgan fingerprint density at radius 1 is 1.08 bits per heavy atom. The van der Waals surface area contributed by atoms with Crippen molar-refractivity contribution in [2.45, 2.75) is 62.7 Å². The maximum Gasteiger partial charge on any atom is 0.264 e. The summed E-state index contributed by atoms with van der Waals surface area (Å²) in [5.74, 6) is 0.221. The molecule has 1 spiro atoms. The Morgan fingerprint density at radius 2 is 1.82 bits per heavy atom. The number of benzene rings is 3. The molecule has 0 saturated carbocycles. The first kappa shape index (κ1) is 33.5. The fraction of sp³-hybridized carbons (Fsp3) is 0.447. The van der Waals surface area contributed by atoms with Gasteiger partial charge in [-0.2, -0.15) is 0 Å². The van der Waals surface area contributed by atoms with E-state index in [1.807, 2.05) is 48.5 Å². The van der Waals surface area contributed by atoms with E-state index in [2.05, 4.69) is 43.5 Å². The number of hydrogen-bond acceptors (Lipinski definition) is 7. The van der Waals surface area contributed by atoms with Crippen LogP contribution in [0.4, 0.5) is 11.4 Å². The van der Waals surface area contributed by atoms with Gasteiger partial charge in [0, 0.05) is 43.9 Å². The first-order valence-corrected chi connectivity index (χ1v) is 20.3. The molecule has 2 N–H and O–H groups in total. The summed E-state index contributed by atoms with van der Waals surface area (Å²) in [5, 5.41) is 14.7. The van der Waals surface area contributed by atoms with Crippen LogP contribution in [0.15, 0.2) is 66.7 Å². The van der Waals surface area contributed by atoms with Crippen molar-refractivity contribution in [1.82, 2.24) is 10.2 Å². The zero-order chi connectivity index (χ0) is 34.7. The molecule has 7 rings (SSSR count). The molecule has 0 radical (unpaired) electrons. The van der Waals surface area contributed by atoms with Gasteiger partial charge in [-0.3, -0.25) is 14.4 Å². The molecule has 0 bridgehead atoms. The lowest BCUT2D eigenvalue weighted by molar-refractivity contribution is -0.150. The second-order valence-electron chi connectivity index (χ2n) is 14.5. The van der Waals surface area contributed by atoms with Gasteiger partial charge in [0.25, 0.3) is 5.91 Å². The van der Waals surface area contributed by atoms with E-state index in [0.717, 1.165) is 33.8 Å². The van der Waals surface area contributed by atoms with Crippen LogP contribution in [0.1, 0.15) is 30.0 Å². The van der Waals surface area contributed by atoms with Gasteiger partial charge in [0.05, 0.1) is 52.6 Å². The molecule has 10 nitrogen and oxygen atoms in total. The number of aliphatic hydroxyl groups excluding tert-OH is 1. The van der Waals surface area contributed by atoms with Crippen molar-refractivity contribution >= 4 is 42.4 Å². The van der Waals surface area contributed by atoms with E-state index in [-0.39, 0.29) is 54.8 Å². The zero-order valence-corrected chi connectivity index (χ0v) is 29.9. The number of carbonyl (C=O) groups excluding carboxylic acids is 3. The van der Waals surface area contributed by atoms with Crippen LogP contribution in [0.3, 0.4) is 0 Å². The van der Waals surface area contributed by atoms with E-state index in [4.69, 9.17) is 9.47 Å². The maximum atomic E-state index is 14.6. The first-order valence-electron chi connectivity index (χ1n) is 17.2. The van der Waals surface area contributed by atoms with E-state index in [1.54, 1.807) is 28.9 Å². The van der Waals surface area contributed by atoms with Crippen molar-refractivity contribution in [3.63, 3.8) is 0 Å². The van der Waals surface area contributed by atoms with E-state index in [1.165, 1.54) is 5.19 Å². The number of rotatable bonds is 7. The molecule has 3 amide bonds. The minimum Gasteiger partial charge on any atom is -0.497 e. The molecule has 4 aliphatic heterocycles. The molecule has 0 aliphatic carbocycles. The topological polar surface area (TPSA) is 112 Å². The largest absolute Gasteiger partial charge is 0.497 e. The van der Waals surface area contributed by atoms with Crippen LogP contribution in [0.5, 0.6) is 5.75 Å². The number of carbonyl (C=O) groups is 3. The first-order chi connectivity index (χ1) is 23.5. The fourth-order valence-corrected chi connectivity index (χ4v) is 13.0. The van der Waals surface area contributed by atoms with E-state index in [9.17, 15) is 19.5 Å². The monoisotopic (exact) mass is 682 g/mol. The molecule has 0 aromatic heterocycles. The van der Waals surface area contributed by atoms with Gasteiger partial charge in [-0.25, -0.2) is 0 Å². The quantitative estimate of drug-likeness (QED) is 0.369. The lowest BCUT2D eigenvalue weighted by atomic mass is 9.82. The Morgan fingerprint density at radius 3 is 2.51 bits per heavy atom. The molecule has 2 fully saturated rings. The fourth-order valence-electron chi connectivity index (χ4n) is 8.99. The summed E-state index contributed by atoms with van der Waals surface area (Å²) in [6.07, 6.45) is 0.115. The molecule has 2 saturated heterocycles. The summed E-state index contributed by atoms with van der Waals surface area (Å²) in [5.41, 5.74) is 3.02. The highest BCUT2D eigenvalue weighted by atomic mass is 28.3.